The largest absolute Gasteiger partial charge is 0.493 e. The lowest BCUT2D eigenvalue weighted by Crippen LogP contribution is -2.67. The molecule has 22 heteroatoms. The van der Waals surface area contributed by atoms with E-state index in [-0.39, 0.29) is 47.8 Å². The number of nitrogens with one attached hydrogen (secondary N) is 4. The van der Waals surface area contributed by atoms with E-state index in [1.165, 1.54) is 21.5 Å². The number of amides is 2. The number of hydrogen-bond donors (Lipinski definition) is 4. The predicted octanol–water partition coefficient (Wildman–Crippen LogP) is 14.1. The highest BCUT2D eigenvalue weighted by atomic mass is 28.4. The number of para-hydroxylation sites is 2. The molecule has 107 heavy (non-hydrogen) atoms. The van der Waals surface area contributed by atoms with Gasteiger partial charge >= 0.3 is 11.4 Å². The lowest BCUT2D eigenvalue weighted by molar-refractivity contribution is -0.120. The van der Waals surface area contributed by atoms with Crippen LogP contribution in [0.2, 0.25) is 23.2 Å². The molecule has 570 valence electrons. The van der Waals surface area contributed by atoms with Gasteiger partial charge in [0.25, 0.3) is 19.4 Å². The topological polar surface area (TPSA) is 242 Å². The standard InChI is InChI=1S/C85H108N6O14Si2/c1-15-35-98-76-56-27-25-29-58(76)41-63-45-66(87-73(93)49-69-70(105-106(13,14)84(7,8)9)50-75(103-69)91-52-55(6)81(95)89-83(91)97)46-64(79(63)101-38-18-4)42-59-30-26-28-57(77(59)99-36-16-2)40-62-44-65(43-61(39-56)78(62)100-37-17-3)86-72(92)47-60-48-74(90-51-54(5)80(94)88-82(90)96)104-71(60)53-102-107(85(10,11)12,67-31-21-19-22-32-67)68-33-23-20-24-34-68/h19-34,43-46,51-52,60,69-71,74-75H,15-18,35-42,47-50,53H2,1-14H3,(H,86,92)(H,87,93)(H,88,94,96)(H,89,95,97)/t60-,69+,70-,71+,74+,75+/m0/s1. The number of fused-ring (bicyclic) bond motifs is 8. The highest BCUT2D eigenvalue weighted by Gasteiger charge is 2.52. The average Bonchev–Trinajstić information content (AvgIpc) is 0.909. The number of hydrogen-bond acceptors (Lipinski definition) is 14. The molecule has 2 aromatic heterocycles. The quantitative estimate of drug-likeness (QED) is 0.0350. The number of carbonyl (C=O) groups excluding carboxylic acids is 2. The molecule has 0 saturated carbocycles. The fraction of sp³-hybridized carbons (Fsp3) is 0.459. The molecule has 1 aliphatic carbocycles. The van der Waals surface area contributed by atoms with E-state index in [2.05, 4.69) is 151 Å². The first-order valence-electron chi connectivity index (χ1n) is 38.1. The van der Waals surface area contributed by atoms with Crippen LogP contribution in [-0.4, -0.2) is 98.9 Å². The predicted molar refractivity (Wildman–Crippen MR) is 425 cm³/mol. The van der Waals surface area contributed by atoms with Crippen LogP contribution in [0.1, 0.15) is 189 Å². The van der Waals surface area contributed by atoms with E-state index in [1.54, 1.807) is 13.8 Å². The minimum Gasteiger partial charge on any atom is -0.493 e. The Bertz CT molecular complexity index is 4570. The van der Waals surface area contributed by atoms with Gasteiger partial charge in [-0.2, -0.15) is 0 Å². The van der Waals surface area contributed by atoms with E-state index in [0.29, 0.717) is 104 Å². The number of aromatic nitrogens is 4. The van der Waals surface area contributed by atoms with Crippen LogP contribution in [-0.2, 0) is 53.6 Å². The number of anilines is 2. The maximum absolute atomic E-state index is 15.3. The third kappa shape index (κ3) is 18.1. The maximum atomic E-state index is 15.3. The molecule has 6 atom stereocenters. The van der Waals surface area contributed by atoms with Crippen LogP contribution in [0.25, 0.3) is 0 Å². The summed E-state index contributed by atoms with van der Waals surface area (Å²) in [6, 6.07) is 41.1. The van der Waals surface area contributed by atoms with Gasteiger partial charge in [-0.25, -0.2) is 9.59 Å². The summed E-state index contributed by atoms with van der Waals surface area (Å²) in [4.78, 5) is 87.5. The van der Waals surface area contributed by atoms with Gasteiger partial charge in [-0.05, 0) is 126 Å². The van der Waals surface area contributed by atoms with Gasteiger partial charge in [0.1, 0.15) is 35.5 Å². The summed E-state index contributed by atoms with van der Waals surface area (Å²) in [5.74, 6) is 1.77. The molecule has 4 heterocycles. The Hall–Kier alpha value is -8.91. The van der Waals surface area contributed by atoms with Gasteiger partial charge in [-0.3, -0.25) is 38.3 Å². The molecule has 2 aliphatic heterocycles. The van der Waals surface area contributed by atoms with Crippen molar-refractivity contribution < 1.29 is 46.9 Å². The van der Waals surface area contributed by atoms with E-state index in [4.69, 9.17) is 37.3 Å². The van der Waals surface area contributed by atoms with Crippen LogP contribution in [0.4, 0.5) is 11.4 Å². The summed E-state index contributed by atoms with van der Waals surface area (Å²) in [7, 11) is -5.59. The van der Waals surface area contributed by atoms with Crippen molar-refractivity contribution in [3.63, 3.8) is 0 Å². The molecule has 2 fully saturated rings. The Balaban J connectivity index is 0.977. The van der Waals surface area contributed by atoms with Crippen LogP contribution < -0.4 is 62.5 Å². The number of nitrogens with zero attached hydrogens (tertiary/aromatic N) is 2. The lowest BCUT2D eigenvalue weighted by atomic mass is 9.90. The molecule has 2 amide bonds. The second-order valence-electron chi connectivity index (χ2n) is 31.5. The second kappa shape index (κ2) is 34.1. The number of ether oxygens (including phenoxy) is 6. The highest BCUT2D eigenvalue weighted by molar-refractivity contribution is 6.99. The summed E-state index contributed by atoms with van der Waals surface area (Å²) < 4.78 is 58.6. The molecule has 0 unspecified atom stereocenters. The van der Waals surface area contributed by atoms with Crippen molar-refractivity contribution >= 4 is 50.2 Å². The number of carbonyl (C=O) groups is 2. The zero-order valence-electron chi connectivity index (χ0n) is 64.8. The fourth-order valence-corrected chi connectivity index (χ4v) is 20.8. The number of H-pyrrole nitrogens is 2. The van der Waals surface area contributed by atoms with E-state index >= 15 is 4.79 Å². The molecular formula is C85H108N6O14Si2. The Labute approximate surface area is 630 Å². The summed E-state index contributed by atoms with van der Waals surface area (Å²) in [6.07, 6.45) is 4.31. The monoisotopic (exact) mass is 1490 g/mol. The smallest absolute Gasteiger partial charge is 0.330 e. The summed E-state index contributed by atoms with van der Waals surface area (Å²) in [6.45, 7) is 30.8. The van der Waals surface area contributed by atoms with Crippen molar-refractivity contribution in [3.8, 4) is 23.0 Å². The molecule has 8 bridgehead atoms. The van der Waals surface area contributed by atoms with Crippen LogP contribution in [0.3, 0.4) is 0 Å². The molecule has 3 aliphatic rings. The van der Waals surface area contributed by atoms with Crippen molar-refractivity contribution in [1.29, 1.82) is 0 Å². The van der Waals surface area contributed by atoms with Gasteiger partial charge in [0.15, 0.2) is 8.32 Å². The van der Waals surface area contributed by atoms with E-state index in [9.17, 15) is 24.0 Å². The maximum Gasteiger partial charge on any atom is 0.330 e. The third-order valence-corrected chi connectivity index (χ3v) is 30.7. The highest BCUT2D eigenvalue weighted by Crippen LogP contribution is 2.46. The summed E-state index contributed by atoms with van der Waals surface area (Å²) in [5.41, 5.74) is 6.53. The first-order chi connectivity index (χ1) is 51.1. The van der Waals surface area contributed by atoms with Crippen molar-refractivity contribution in [2.45, 2.75) is 214 Å². The molecule has 6 aromatic carbocycles. The first kappa shape index (κ1) is 79.1. The molecule has 4 N–H and O–H groups in total. The Kier molecular flexibility index (Phi) is 25.2. The van der Waals surface area contributed by atoms with Gasteiger partial charge in [0.05, 0.1) is 57.8 Å². The summed E-state index contributed by atoms with van der Waals surface area (Å²) in [5, 5.41) is 8.31. The van der Waals surface area contributed by atoms with Crippen molar-refractivity contribution in [2.75, 3.05) is 43.7 Å². The number of rotatable bonds is 27. The van der Waals surface area contributed by atoms with Crippen LogP contribution in [0.15, 0.2) is 153 Å². The number of aromatic amines is 2. The lowest BCUT2D eigenvalue weighted by Gasteiger charge is -2.43. The van der Waals surface area contributed by atoms with E-state index < -0.39 is 75.8 Å². The normalized spacial score (nSPS) is 18.2. The zero-order chi connectivity index (χ0) is 76.5. The van der Waals surface area contributed by atoms with Crippen LogP contribution in [0, 0.1) is 19.8 Å². The fourth-order valence-electron chi connectivity index (χ4n) is 14.9. The van der Waals surface area contributed by atoms with Crippen molar-refractivity contribution in [2.24, 2.45) is 5.92 Å². The molecule has 0 spiro atoms. The zero-order valence-corrected chi connectivity index (χ0v) is 66.8. The van der Waals surface area contributed by atoms with E-state index in [1.807, 2.05) is 72.8 Å². The Morgan fingerprint density at radius 2 is 0.869 bits per heavy atom. The Morgan fingerprint density at radius 3 is 1.25 bits per heavy atom. The molecular weight excluding hydrogens is 1390 g/mol. The minimum atomic E-state index is -3.13. The molecule has 20 nitrogen and oxygen atoms in total. The number of benzene rings is 6. The van der Waals surface area contributed by atoms with Gasteiger partial charge in [-0.15, -0.1) is 0 Å². The first-order valence-corrected chi connectivity index (χ1v) is 43.0. The number of aryl methyl sites for hydroxylation is 2. The molecule has 11 rings (SSSR count). The molecule has 0 radical (unpaired) electrons. The van der Waals surface area contributed by atoms with Crippen molar-refractivity contribution in [1.82, 2.24) is 19.1 Å². The molecule has 2 saturated heterocycles. The van der Waals surface area contributed by atoms with Gasteiger partial charge in [0, 0.05) is 102 Å². The van der Waals surface area contributed by atoms with Gasteiger partial charge in [0.2, 0.25) is 11.8 Å². The minimum absolute atomic E-state index is 0.00957. The molecule has 8 aromatic rings. The van der Waals surface area contributed by atoms with Crippen LogP contribution >= 0.6 is 0 Å². The SMILES string of the molecule is CCCOc1c2cccc1Cc1cc(NC(=O)C[C@H]3O[C@@H](n4cc(C)c(=O)[nH]c4=O)C[C@@H]3O[Si](C)(C)C(C)(C)C)cc(c1OCCC)Cc1cccc(c1OCCC)Cc1cc(NC(=O)C[C@H]3C[C@H](n4cc(C)c(=O)[nH]c4=O)O[C@@H]3CO[Si](c3ccccc3)(c3ccccc3)C(C)(C)C)cc(c1OCCC)C2. The van der Waals surface area contributed by atoms with Crippen molar-refractivity contribution in [3.05, 3.63) is 231 Å². The van der Waals surface area contributed by atoms with E-state index in [0.717, 1.165) is 80.6 Å². The Morgan fingerprint density at radius 1 is 0.495 bits per heavy atom. The van der Waals surface area contributed by atoms with Crippen LogP contribution in [0.5, 0.6) is 23.0 Å². The van der Waals surface area contributed by atoms with Gasteiger partial charge in [-0.1, -0.05) is 166 Å². The average molecular weight is 1490 g/mol. The summed E-state index contributed by atoms with van der Waals surface area (Å²) >= 11 is 0. The van der Waals surface area contributed by atoms with Gasteiger partial charge < -0.3 is 47.9 Å². The third-order valence-electron chi connectivity index (χ3n) is 21.2. The second-order valence-corrected chi connectivity index (χ2v) is 40.6.